The van der Waals surface area contributed by atoms with E-state index >= 15 is 0 Å². The summed E-state index contributed by atoms with van der Waals surface area (Å²) in [5, 5.41) is 0. The number of hydrogen-bond donors (Lipinski definition) is 2. The SMILES string of the molecule is CCC(S)S(=O)(=O)O.[NaH]. The molecule has 0 amide bonds. The number of thiol groups is 1. The van der Waals surface area contributed by atoms with Crippen molar-refractivity contribution in [3.8, 4) is 0 Å². The van der Waals surface area contributed by atoms with Crippen molar-refractivity contribution in [2.75, 3.05) is 0 Å². The molecule has 0 aliphatic heterocycles. The standard InChI is InChI=1S/C3H8O3S2.Na.H/c1-2-3(7)8(4,5)6;;/h3,7H,2H2,1H3,(H,4,5,6);;. The van der Waals surface area contributed by atoms with Gasteiger partial charge in [0.15, 0.2) is 0 Å². The summed E-state index contributed by atoms with van der Waals surface area (Å²) in [6, 6.07) is 0. The van der Waals surface area contributed by atoms with Crippen molar-refractivity contribution >= 4 is 52.3 Å². The molecule has 0 aliphatic rings. The van der Waals surface area contributed by atoms with E-state index in [-0.39, 0.29) is 29.6 Å². The van der Waals surface area contributed by atoms with Crippen LogP contribution in [0, 0.1) is 0 Å². The second kappa shape index (κ2) is 4.98. The molecule has 6 heteroatoms. The van der Waals surface area contributed by atoms with Crippen LogP contribution in [-0.2, 0) is 10.1 Å². The summed E-state index contributed by atoms with van der Waals surface area (Å²) in [5.41, 5.74) is 0. The Morgan fingerprint density at radius 3 is 2.00 bits per heavy atom. The van der Waals surface area contributed by atoms with E-state index in [4.69, 9.17) is 4.55 Å². The van der Waals surface area contributed by atoms with Crippen LogP contribution in [0.3, 0.4) is 0 Å². The molecule has 1 unspecified atom stereocenters. The summed E-state index contributed by atoms with van der Waals surface area (Å²) in [5.74, 6) is 0. The van der Waals surface area contributed by atoms with Crippen molar-refractivity contribution in [1.29, 1.82) is 0 Å². The molecular weight excluding hydrogens is 171 g/mol. The molecule has 0 aromatic rings. The van der Waals surface area contributed by atoms with Gasteiger partial charge in [0, 0.05) is 0 Å². The fraction of sp³-hybridized carbons (Fsp3) is 1.00. The molecule has 9 heavy (non-hydrogen) atoms. The van der Waals surface area contributed by atoms with Gasteiger partial charge in [-0.3, -0.25) is 4.55 Å². The third-order valence-corrected chi connectivity index (χ3v) is 2.88. The van der Waals surface area contributed by atoms with Crippen LogP contribution >= 0.6 is 12.6 Å². The molecule has 1 N–H and O–H groups in total. The van der Waals surface area contributed by atoms with Gasteiger partial charge in [0.05, 0.1) is 0 Å². The topological polar surface area (TPSA) is 54.4 Å². The Labute approximate surface area is 82.7 Å². The van der Waals surface area contributed by atoms with Crippen LogP contribution in [0.15, 0.2) is 0 Å². The van der Waals surface area contributed by atoms with Gasteiger partial charge in [-0.25, -0.2) is 0 Å². The molecule has 0 bridgehead atoms. The van der Waals surface area contributed by atoms with E-state index in [1.54, 1.807) is 6.92 Å². The first-order valence-corrected chi connectivity index (χ1v) is 4.14. The van der Waals surface area contributed by atoms with Gasteiger partial charge in [-0.2, -0.15) is 21.0 Å². The molecule has 0 spiro atoms. The van der Waals surface area contributed by atoms with Gasteiger partial charge in [0.2, 0.25) is 0 Å². The van der Waals surface area contributed by atoms with E-state index in [2.05, 4.69) is 12.6 Å². The third-order valence-electron chi connectivity index (χ3n) is 0.693. The van der Waals surface area contributed by atoms with Gasteiger partial charge >= 0.3 is 29.6 Å². The van der Waals surface area contributed by atoms with Gasteiger partial charge in [-0.05, 0) is 6.42 Å². The molecule has 0 aliphatic carbocycles. The molecule has 0 saturated carbocycles. The van der Waals surface area contributed by atoms with E-state index in [1.165, 1.54) is 0 Å². The average Bonchev–Trinajstić information content (AvgIpc) is 1.62. The van der Waals surface area contributed by atoms with Crippen molar-refractivity contribution in [2.45, 2.75) is 17.9 Å². The van der Waals surface area contributed by atoms with E-state index < -0.39 is 14.7 Å². The van der Waals surface area contributed by atoms with E-state index in [1.807, 2.05) is 0 Å². The molecule has 0 radical (unpaired) electrons. The second-order valence-corrected chi connectivity index (χ2v) is 3.95. The summed E-state index contributed by atoms with van der Waals surface area (Å²) < 4.78 is 27.3. The zero-order valence-electron chi connectivity index (χ0n) is 4.40. The summed E-state index contributed by atoms with van der Waals surface area (Å²) in [6.07, 6.45) is 0.321. The van der Waals surface area contributed by atoms with Crippen molar-refractivity contribution < 1.29 is 13.0 Å². The first-order valence-electron chi connectivity index (χ1n) is 2.13. The Balaban J connectivity index is 0. The van der Waals surface area contributed by atoms with Crippen LogP contribution in [0.25, 0.3) is 0 Å². The van der Waals surface area contributed by atoms with Crippen LogP contribution < -0.4 is 0 Å². The van der Waals surface area contributed by atoms with Gasteiger partial charge in [0.25, 0.3) is 10.1 Å². The average molecular weight is 180 g/mol. The monoisotopic (exact) mass is 180 g/mol. The Bertz CT molecular complexity index is 152. The van der Waals surface area contributed by atoms with Crippen LogP contribution in [-0.4, -0.2) is 47.1 Å². The summed E-state index contributed by atoms with van der Waals surface area (Å²) in [4.78, 5) is 0. The van der Waals surface area contributed by atoms with E-state index in [0.29, 0.717) is 6.42 Å². The summed E-state index contributed by atoms with van der Waals surface area (Å²) in [6.45, 7) is 1.63. The predicted octanol–water partition coefficient (Wildman–Crippen LogP) is -0.108. The molecule has 52 valence electrons. The molecule has 0 aromatic heterocycles. The fourth-order valence-corrected chi connectivity index (χ4v) is 0.632. The maximum absolute atomic E-state index is 10.0. The molecule has 0 fully saturated rings. The first-order chi connectivity index (χ1) is 3.48. The van der Waals surface area contributed by atoms with Crippen LogP contribution in [0.1, 0.15) is 13.3 Å². The van der Waals surface area contributed by atoms with Gasteiger partial charge in [-0.1, -0.05) is 6.92 Å². The van der Waals surface area contributed by atoms with Crippen molar-refractivity contribution in [3.05, 3.63) is 0 Å². The minimum absolute atomic E-state index is 0. The Kier molecular flexibility index (Phi) is 7.14. The maximum atomic E-state index is 10.0. The zero-order valence-corrected chi connectivity index (χ0v) is 6.11. The van der Waals surface area contributed by atoms with Crippen molar-refractivity contribution in [1.82, 2.24) is 0 Å². The third kappa shape index (κ3) is 5.69. The van der Waals surface area contributed by atoms with Crippen LogP contribution in [0.5, 0.6) is 0 Å². The predicted molar refractivity (Wildman–Crippen MR) is 41.8 cm³/mol. The van der Waals surface area contributed by atoms with Crippen LogP contribution in [0.2, 0.25) is 0 Å². The molecular formula is C3H9NaO3S2. The van der Waals surface area contributed by atoms with E-state index in [9.17, 15) is 8.42 Å². The number of hydrogen-bond acceptors (Lipinski definition) is 3. The fourth-order valence-electron chi connectivity index (χ4n) is 0.211. The summed E-state index contributed by atoms with van der Waals surface area (Å²) in [7, 11) is -3.89. The van der Waals surface area contributed by atoms with E-state index in [0.717, 1.165) is 0 Å². The summed E-state index contributed by atoms with van der Waals surface area (Å²) >= 11 is 3.57. The van der Waals surface area contributed by atoms with Crippen LogP contribution in [0.4, 0.5) is 0 Å². The molecule has 0 rings (SSSR count). The minimum atomic E-state index is -3.89. The molecule has 1 atom stereocenters. The van der Waals surface area contributed by atoms with Gasteiger partial charge in [0.1, 0.15) is 4.58 Å². The second-order valence-electron chi connectivity index (χ2n) is 1.38. The molecule has 3 nitrogen and oxygen atoms in total. The molecule has 0 heterocycles. The van der Waals surface area contributed by atoms with Crippen molar-refractivity contribution in [3.63, 3.8) is 0 Å². The van der Waals surface area contributed by atoms with Crippen molar-refractivity contribution in [2.24, 2.45) is 0 Å². The first kappa shape index (κ1) is 12.9. The Morgan fingerprint density at radius 1 is 1.67 bits per heavy atom. The molecule has 0 saturated heterocycles. The Hall–Kier alpha value is 1.26. The molecule has 0 aromatic carbocycles. The normalized spacial score (nSPS) is 14.1. The quantitative estimate of drug-likeness (QED) is 0.354. The van der Waals surface area contributed by atoms with Gasteiger partial charge in [-0.15, -0.1) is 0 Å². The number of rotatable bonds is 2. The Morgan fingerprint density at radius 2 is 2.00 bits per heavy atom. The van der Waals surface area contributed by atoms with Gasteiger partial charge < -0.3 is 0 Å². The zero-order chi connectivity index (χ0) is 6.78.